The number of hydrogen-bond donors (Lipinski definition) is 1. The van der Waals surface area contributed by atoms with Gasteiger partial charge in [-0.1, -0.05) is 47.5 Å². The van der Waals surface area contributed by atoms with E-state index in [2.05, 4.69) is 5.10 Å². The third-order valence-corrected chi connectivity index (χ3v) is 5.56. The summed E-state index contributed by atoms with van der Waals surface area (Å²) in [5, 5.41) is 5.45. The Morgan fingerprint density at radius 2 is 1.80 bits per heavy atom. The van der Waals surface area contributed by atoms with Crippen molar-refractivity contribution in [1.82, 2.24) is 9.78 Å². The van der Waals surface area contributed by atoms with Gasteiger partial charge >= 0.3 is 5.97 Å². The Morgan fingerprint density at radius 1 is 1.13 bits per heavy atom. The largest absolute Gasteiger partial charge is 0.462 e. The molecule has 154 valence electrons. The summed E-state index contributed by atoms with van der Waals surface area (Å²) >= 11 is 13.1. The van der Waals surface area contributed by atoms with E-state index >= 15 is 0 Å². The second kappa shape index (κ2) is 8.05. The molecule has 1 aromatic heterocycles. The summed E-state index contributed by atoms with van der Waals surface area (Å²) in [5.74, 6) is -0.941. The van der Waals surface area contributed by atoms with Gasteiger partial charge in [-0.15, -0.1) is 0 Å². The molecule has 0 spiro atoms. The van der Waals surface area contributed by atoms with Gasteiger partial charge in [-0.25, -0.2) is 9.48 Å². The summed E-state index contributed by atoms with van der Waals surface area (Å²) in [5.41, 5.74) is 9.04. The predicted octanol–water partition coefficient (Wildman–Crippen LogP) is 4.75. The number of halogens is 2. The molecular weight excluding hydrogens is 425 g/mol. The van der Waals surface area contributed by atoms with Crippen LogP contribution >= 0.6 is 23.2 Å². The zero-order chi connectivity index (χ0) is 21.4. The summed E-state index contributed by atoms with van der Waals surface area (Å²) in [6.45, 7) is 3.75. The topological polar surface area (TPSA) is 79.4 Å². The van der Waals surface area contributed by atoms with Crippen LogP contribution in [0.2, 0.25) is 10.0 Å². The Hall–Kier alpha value is -2.96. The van der Waals surface area contributed by atoms with E-state index in [0.717, 1.165) is 5.69 Å². The number of hydrogen-bond acceptors (Lipinski definition) is 5. The van der Waals surface area contributed by atoms with Crippen LogP contribution in [0.5, 0.6) is 5.88 Å². The molecule has 1 atom stereocenters. The van der Waals surface area contributed by atoms with Gasteiger partial charge in [-0.3, -0.25) is 0 Å². The molecule has 0 aliphatic carbocycles. The number of fused-ring (bicyclic) bond motifs is 1. The van der Waals surface area contributed by atoms with E-state index in [-0.39, 0.29) is 18.1 Å². The Bertz CT molecular complexity index is 1140. The van der Waals surface area contributed by atoms with Gasteiger partial charge in [0.2, 0.25) is 11.8 Å². The highest BCUT2D eigenvalue weighted by molar-refractivity contribution is 6.36. The summed E-state index contributed by atoms with van der Waals surface area (Å²) in [6, 6.07) is 14.7. The van der Waals surface area contributed by atoms with Crippen LogP contribution in [-0.2, 0) is 9.53 Å². The fraction of sp³-hybridized carbons (Fsp3) is 0.182. The molecule has 0 fully saturated rings. The maximum absolute atomic E-state index is 12.9. The molecule has 6 nitrogen and oxygen atoms in total. The Morgan fingerprint density at radius 3 is 2.43 bits per heavy atom. The Kier molecular flexibility index (Phi) is 5.45. The van der Waals surface area contributed by atoms with Crippen LogP contribution < -0.4 is 10.5 Å². The van der Waals surface area contributed by atoms with Crippen molar-refractivity contribution < 1.29 is 14.3 Å². The van der Waals surface area contributed by atoms with Gasteiger partial charge in [0.1, 0.15) is 5.57 Å². The van der Waals surface area contributed by atoms with Crippen molar-refractivity contribution in [3.8, 4) is 11.6 Å². The smallest absolute Gasteiger partial charge is 0.340 e. The van der Waals surface area contributed by atoms with Crippen molar-refractivity contribution in [2.45, 2.75) is 19.8 Å². The van der Waals surface area contributed by atoms with Crippen LogP contribution in [0.4, 0.5) is 0 Å². The lowest BCUT2D eigenvalue weighted by atomic mass is 9.83. The van der Waals surface area contributed by atoms with Crippen LogP contribution in [0.25, 0.3) is 5.69 Å². The lowest BCUT2D eigenvalue weighted by Crippen LogP contribution is -2.28. The highest BCUT2D eigenvalue weighted by Gasteiger charge is 2.41. The van der Waals surface area contributed by atoms with Crippen LogP contribution in [0.3, 0.4) is 0 Å². The number of aryl methyl sites for hydroxylation is 1. The first-order valence-corrected chi connectivity index (χ1v) is 10.1. The lowest BCUT2D eigenvalue weighted by molar-refractivity contribution is -0.139. The molecule has 0 bridgehead atoms. The van der Waals surface area contributed by atoms with Gasteiger partial charge in [0, 0.05) is 15.6 Å². The molecule has 1 aliphatic heterocycles. The quantitative estimate of drug-likeness (QED) is 0.588. The average molecular weight is 444 g/mol. The molecule has 0 unspecified atom stereocenters. The number of benzene rings is 2. The van der Waals surface area contributed by atoms with Crippen LogP contribution in [-0.4, -0.2) is 22.4 Å². The van der Waals surface area contributed by atoms with Crippen LogP contribution in [0, 0.1) is 6.92 Å². The van der Waals surface area contributed by atoms with Crippen molar-refractivity contribution >= 4 is 29.2 Å². The zero-order valence-electron chi connectivity index (χ0n) is 16.4. The van der Waals surface area contributed by atoms with Gasteiger partial charge < -0.3 is 15.2 Å². The first kappa shape index (κ1) is 20.3. The number of rotatable bonds is 4. The number of aromatic nitrogens is 2. The van der Waals surface area contributed by atoms with Crippen molar-refractivity contribution in [3.05, 3.63) is 86.9 Å². The van der Waals surface area contributed by atoms with Crippen molar-refractivity contribution in [3.63, 3.8) is 0 Å². The van der Waals surface area contributed by atoms with E-state index in [9.17, 15) is 4.79 Å². The number of nitrogens with two attached hydrogens (primary N) is 1. The molecule has 0 saturated heterocycles. The predicted molar refractivity (Wildman–Crippen MR) is 115 cm³/mol. The highest BCUT2D eigenvalue weighted by Crippen LogP contribution is 2.48. The highest BCUT2D eigenvalue weighted by atomic mass is 35.5. The number of ether oxygens (including phenoxy) is 2. The monoisotopic (exact) mass is 443 g/mol. The summed E-state index contributed by atoms with van der Waals surface area (Å²) in [6.07, 6.45) is 0. The van der Waals surface area contributed by atoms with E-state index in [1.165, 1.54) is 0 Å². The molecule has 8 heteroatoms. The van der Waals surface area contributed by atoms with Crippen LogP contribution in [0.15, 0.2) is 60.0 Å². The van der Waals surface area contributed by atoms with Gasteiger partial charge in [0.05, 0.1) is 29.5 Å². The lowest BCUT2D eigenvalue weighted by Gasteiger charge is -2.28. The van der Waals surface area contributed by atoms with Crippen molar-refractivity contribution in [1.29, 1.82) is 0 Å². The molecule has 30 heavy (non-hydrogen) atoms. The fourth-order valence-corrected chi connectivity index (χ4v) is 4.26. The van der Waals surface area contributed by atoms with E-state index in [1.807, 2.05) is 37.3 Å². The summed E-state index contributed by atoms with van der Waals surface area (Å²) in [4.78, 5) is 12.9. The molecule has 2 heterocycles. The van der Waals surface area contributed by atoms with E-state index in [0.29, 0.717) is 32.7 Å². The van der Waals surface area contributed by atoms with Crippen molar-refractivity contribution in [2.24, 2.45) is 5.73 Å². The van der Waals surface area contributed by atoms with E-state index in [4.69, 9.17) is 38.4 Å². The van der Waals surface area contributed by atoms with Gasteiger partial charge in [-0.2, -0.15) is 5.10 Å². The summed E-state index contributed by atoms with van der Waals surface area (Å²) < 4.78 is 12.8. The second-order valence-electron chi connectivity index (χ2n) is 6.72. The molecule has 0 radical (unpaired) electrons. The fourth-order valence-electron chi connectivity index (χ4n) is 3.64. The molecule has 2 aromatic carbocycles. The third-order valence-electron chi connectivity index (χ3n) is 4.90. The maximum Gasteiger partial charge on any atom is 0.340 e. The molecular formula is C22H19Cl2N3O3. The van der Waals surface area contributed by atoms with Crippen molar-refractivity contribution in [2.75, 3.05) is 6.61 Å². The normalized spacial score (nSPS) is 15.5. The molecule has 2 N–H and O–H groups in total. The Labute approximate surface area is 183 Å². The first-order valence-electron chi connectivity index (χ1n) is 9.37. The number of carbonyl (C=O) groups excluding carboxylic acids is 1. The standard InChI is InChI=1S/C22H19Cl2N3O3/c1-3-29-22(28)19-18(17-14(23)10-7-11-15(17)24)16-12(2)26-27(21(16)30-20(19)25)13-8-5-4-6-9-13/h4-11,18H,3,25H2,1-2H3/t18-/m1/s1. The number of nitrogens with zero attached hydrogens (tertiary/aromatic N) is 2. The van der Waals surface area contributed by atoms with E-state index < -0.39 is 11.9 Å². The minimum atomic E-state index is -0.688. The number of para-hydroxylation sites is 1. The van der Waals surface area contributed by atoms with Gasteiger partial charge in [0.25, 0.3) is 0 Å². The minimum Gasteiger partial charge on any atom is -0.462 e. The minimum absolute atomic E-state index is 0.0704. The molecule has 1 aliphatic rings. The first-order chi connectivity index (χ1) is 14.4. The molecule has 0 amide bonds. The van der Waals surface area contributed by atoms with Gasteiger partial charge in [-0.05, 0) is 38.1 Å². The zero-order valence-corrected chi connectivity index (χ0v) is 17.9. The maximum atomic E-state index is 12.9. The number of esters is 1. The number of carbonyl (C=O) groups is 1. The third kappa shape index (κ3) is 3.32. The summed E-state index contributed by atoms with van der Waals surface area (Å²) in [7, 11) is 0. The molecule has 0 saturated carbocycles. The van der Waals surface area contributed by atoms with Gasteiger partial charge in [0.15, 0.2) is 0 Å². The molecule has 4 rings (SSSR count). The Balaban J connectivity index is 2.01. The molecule has 3 aromatic rings. The second-order valence-corrected chi connectivity index (χ2v) is 7.53. The van der Waals surface area contributed by atoms with E-state index in [1.54, 1.807) is 29.8 Å². The SMILES string of the molecule is CCOC(=O)C1=C(N)Oc2c(c(C)nn2-c2ccccc2)[C@@H]1c1c(Cl)cccc1Cl. The van der Waals surface area contributed by atoms with Crippen LogP contribution in [0.1, 0.15) is 29.7 Å². The average Bonchev–Trinajstić information content (AvgIpc) is 3.04.